The van der Waals surface area contributed by atoms with Crippen LogP contribution in [-0.4, -0.2) is 39.6 Å². The lowest BCUT2D eigenvalue weighted by Gasteiger charge is -2.13. The average molecular weight is 286 g/mol. The van der Waals surface area contributed by atoms with Crippen molar-refractivity contribution in [3.63, 3.8) is 0 Å². The van der Waals surface area contributed by atoms with Crippen LogP contribution in [0, 0.1) is 0 Å². The summed E-state index contributed by atoms with van der Waals surface area (Å²) in [6.45, 7) is -1.60. The predicted octanol–water partition coefficient (Wildman–Crippen LogP) is 2.57. The summed E-state index contributed by atoms with van der Waals surface area (Å²) in [4.78, 5) is 11.1. The highest BCUT2D eigenvalue weighted by Crippen LogP contribution is 2.32. The van der Waals surface area contributed by atoms with Gasteiger partial charge >= 0.3 is 5.97 Å². The van der Waals surface area contributed by atoms with E-state index in [9.17, 15) is 13.6 Å². The van der Waals surface area contributed by atoms with Gasteiger partial charge < -0.3 is 14.2 Å². The number of halogens is 2. The highest BCUT2D eigenvalue weighted by atomic mass is 19.1. The van der Waals surface area contributed by atoms with Crippen molar-refractivity contribution in [3.05, 3.63) is 29.8 Å². The zero-order valence-corrected chi connectivity index (χ0v) is 11.1. The first kappa shape index (κ1) is 15.9. The van der Waals surface area contributed by atoms with Crippen molar-refractivity contribution >= 4 is 12.0 Å². The maximum absolute atomic E-state index is 12.2. The summed E-state index contributed by atoms with van der Waals surface area (Å²) >= 11 is 0. The highest BCUT2D eigenvalue weighted by Gasteiger charge is 2.10. The summed E-state index contributed by atoms with van der Waals surface area (Å²) in [5, 5.41) is 0. The molecule has 1 aromatic rings. The maximum atomic E-state index is 12.2. The van der Waals surface area contributed by atoms with Gasteiger partial charge in [-0.2, -0.15) is 0 Å². The molecule has 1 rings (SSSR count). The molecule has 0 N–H and O–H groups in total. The second kappa shape index (κ2) is 8.90. The van der Waals surface area contributed by atoms with Crippen LogP contribution in [0.5, 0.6) is 11.5 Å². The Labute approximate surface area is 115 Å². The van der Waals surface area contributed by atoms with Crippen molar-refractivity contribution in [2.75, 3.05) is 33.7 Å². The van der Waals surface area contributed by atoms with E-state index in [0.29, 0.717) is 11.3 Å². The Hall–Kier alpha value is -2.11. The van der Waals surface area contributed by atoms with Gasteiger partial charge in [-0.05, 0) is 12.1 Å². The number of methoxy groups -OCH3 is 1. The van der Waals surface area contributed by atoms with E-state index >= 15 is 0 Å². The van der Waals surface area contributed by atoms with Gasteiger partial charge in [0.15, 0.2) is 11.5 Å². The number of alkyl halides is 2. The highest BCUT2D eigenvalue weighted by molar-refractivity contribution is 5.87. The Kier molecular flexibility index (Phi) is 7.10. The number of carbonyl (C=O) groups is 1. The molecule has 0 aliphatic carbocycles. The van der Waals surface area contributed by atoms with Crippen LogP contribution in [0.4, 0.5) is 8.78 Å². The van der Waals surface area contributed by atoms with Gasteiger partial charge in [0.2, 0.25) is 0 Å². The zero-order valence-electron chi connectivity index (χ0n) is 11.1. The number of ether oxygens (including phenoxy) is 3. The van der Waals surface area contributed by atoms with Gasteiger partial charge in [0, 0.05) is 11.6 Å². The number of rotatable bonds is 8. The van der Waals surface area contributed by atoms with E-state index in [4.69, 9.17) is 9.47 Å². The van der Waals surface area contributed by atoms with E-state index in [1.165, 1.54) is 19.3 Å². The van der Waals surface area contributed by atoms with Gasteiger partial charge in [-0.3, -0.25) is 0 Å². The Bertz CT molecular complexity index is 460. The molecule has 0 saturated heterocycles. The molecule has 0 saturated carbocycles. The minimum Gasteiger partial charge on any atom is -0.487 e. The van der Waals surface area contributed by atoms with Crippen LogP contribution >= 0.6 is 0 Å². The van der Waals surface area contributed by atoms with Crippen LogP contribution in [0.3, 0.4) is 0 Å². The molecule has 0 aliphatic rings. The minimum atomic E-state index is -0.669. The first-order valence-electron chi connectivity index (χ1n) is 5.99. The fraction of sp³-hybridized carbons (Fsp3) is 0.357. The normalized spacial score (nSPS) is 10.6. The molecule has 4 nitrogen and oxygen atoms in total. The third kappa shape index (κ3) is 4.87. The number of hydrogen-bond donors (Lipinski definition) is 0. The molecule has 6 heteroatoms. The van der Waals surface area contributed by atoms with Gasteiger partial charge in [0.1, 0.15) is 26.6 Å². The van der Waals surface area contributed by atoms with Crippen molar-refractivity contribution in [1.29, 1.82) is 0 Å². The van der Waals surface area contributed by atoms with Crippen LogP contribution in [0.15, 0.2) is 24.3 Å². The smallest absolute Gasteiger partial charge is 0.330 e. The molecule has 0 heterocycles. The van der Waals surface area contributed by atoms with Crippen molar-refractivity contribution in [2.24, 2.45) is 0 Å². The van der Waals surface area contributed by atoms with E-state index in [-0.39, 0.29) is 19.0 Å². The first-order valence-corrected chi connectivity index (χ1v) is 5.99. The molecule has 0 aliphatic heterocycles. The largest absolute Gasteiger partial charge is 0.487 e. The van der Waals surface area contributed by atoms with Gasteiger partial charge in [-0.15, -0.1) is 0 Å². The average Bonchev–Trinajstić information content (AvgIpc) is 2.48. The fourth-order valence-electron chi connectivity index (χ4n) is 1.45. The van der Waals surface area contributed by atoms with E-state index < -0.39 is 19.3 Å². The van der Waals surface area contributed by atoms with Crippen LogP contribution < -0.4 is 9.47 Å². The second-order valence-corrected chi connectivity index (χ2v) is 3.61. The maximum Gasteiger partial charge on any atom is 0.330 e. The molecule has 0 bridgehead atoms. The lowest BCUT2D eigenvalue weighted by molar-refractivity contribution is -0.134. The number of esters is 1. The third-order valence-corrected chi connectivity index (χ3v) is 2.27. The number of hydrogen-bond acceptors (Lipinski definition) is 4. The minimum absolute atomic E-state index is 0.129. The molecule has 0 radical (unpaired) electrons. The van der Waals surface area contributed by atoms with Crippen molar-refractivity contribution in [1.82, 2.24) is 0 Å². The second-order valence-electron chi connectivity index (χ2n) is 3.61. The molecule has 0 spiro atoms. The monoisotopic (exact) mass is 286 g/mol. The zero-order chi connectivity index (χ0) is 14.8. The molecule has 0 amide bonds. The van der Waals surface area contributed by atoms with Crippen LogP contribution in [0.1, 0.15) is 5.56 Å². The fourth-order valence-corrected chi connectivity index (χ4v) is 1.45. The molecule has 0 atom stereocenters. The summed E-state index contributed by atoms with van der Waals surface area (Å²) in [5.41, 5.74) is 0.514. The topological polar surface area (TPSA) is 44.8 Å². The molecule has 110 valence electrons. The van der Waals surface area contributed by atoms with Crippen LogP contribution in [0.25, 0.3) is 6.08 Å². The molecular weight excluding hydrogens is 270 g/mol. The lowest BCUT2D eigenvalue weighted by atomic mass is 10.1. The van der Waals surface area contributed by atoms with Crippen LogP contribution in [-0.2, 0) is 9.53 Å². The molecule has 1 aromatic carbocycles. The van der Waals surface area contributed by atoms with Gasteiger partial charge in [0.25, 0.3) is 0 Å². The summed E-state index contributed by atoms with van der Waals surface area (Å²) in [6, 6.07) is 4.90. The molecule has 0 aromatic heterocycles. The Morgan fingerprint density at radius 1 is 1.20 bits per heavy atom. The standard InChI is InChI=1S/C14H16F2O4/c1-18-13(17)6-5-11-3-2-4-12(19-9-7-15)14(11)20-10-8-16/h2-6H,7-10H2,1H3/b6-5+. The summed E-state index contributed by atoms with van der Waals surface area (Å²) in [7, 11) is 1.26. The van der Waals surface area contributed by atoms with E-state index in [1.807, 2.05) is 0 Å². The summed E-state index contributed by atoms with van der Waals surface area (Å²) in [5.74, 6) is 0.0263. The van der Waals surface area contributed by atoms with Crippen molar-refractivity contribution < 1.29 is 27.8 Å². The molecule has 0 fully saturated rings. The van der Waals surface area contributed by atoms with Gasteiger partial charge in [-0.25, -0.2) is 13.6 Å². The third-order valence-electron chi connectivity index (χ3n) is 2.27. The Morgan fingerprint density at radius 3 is 2.55 bits per heavy atom. The Morgan fingerprint density at radius 2 is 1.90 bits per heavy atom. The molecule has 0 unspecified atom stereocenters. The summed E-state index contributed by atoms with van der Waals surface area (Å²) in [6.07, 6.45) is 2.66. The van der Waals surface area contributed by atoms with E-state index in [2.05, 4.69) is 4.74 Å². The predicted molar refractivity (Wildman–Crippen MR) is 70.4 cm³/mol. The van der Waals surface area contributed by atoms with Crippen LogP contribution in [0.2, 0.25) is 0 Å². The number of carbonyl (C=O) groups excluding carboxylic acids is 1. The van der Waals surface area contributed by atoms with Gasteiger partial charge in [-0.1, -0.05) is 12.1 Å². The van der Waals surface area contributed by atoms with E-state index in [1.54, 1.807) is 18.2 Å². The number of benzene rings is 1. The SMILES string of the molecule is COC(=O)/C=C/c1cccc(OCCF)c1OCCF. The lowest BCUT2D eigenvalue weighted by Crippen LogP contribution is -2.05. The van der Waals surface area contributed by atoms with Crippen molar-refractivity contribution in [2.45, 2.75) is 0 Å². The van der Waals surface area contributed by atoms with E-state index in [0.717, 1.165) is 0 Å². The first-order chi connectivity index (χ1) is 9.72. The quantitative estimate of drug-likeness (QED) is 0.544. The molecular formula is C14H16F2O4. The number of para-hydroxylation sites is 1. The molecule has 20 heavy (non-hydrogen) atoms. The Balaban J connectivity index is 3.00. The van der Waals surface area contributed by atoms with Crippen molar-refractivity contribution in [3.8, 4) is 11.5 Å². The van der Waals surface area contributed by atoms with Gasteiger partial charge in [0.05, 0.1) is 7.11 Å². The summed E-state index contributed by atoms with van der Waals surface area (Å²) < 4.78 is 39.3.